The minimum absolute atomic E-state index is 0.00436. The number of anilines is 3. The van der Waals surface area contributed by atoms with Crippen LogP contribution in [-0.4, -0.2) is 60.7 Å². The van der Waals surface area contributed by atoms with Crippen molar-refractivity contribution in [2.75, 3.05) is 44.5 Å². The quantitative estimate of drug-likeness (QED) is 0.457. The molecule has 0 aliphatic carbocycles. The van der Waals surface area contributed by atoms with Crippen molar-refractivity contribution in [1.29, 1.82) is 0 Å². The van der Waals surface area contributed by atoms with Gasteiger partial charge in [-0.25, -0.2) is 14.4 Å². The molecule has 1 amide bonds. The topological polar surface area (TPSA) is 88.6 Å². The first kappa shape index (κ1) is 23.9. The lowest BCUT2D eigenvalue weighted by atomic mass is 10.1. The molecular formula is C24H25ClFN5O3. The third-order valence-electron chi connectivity index (χ3n) is 5.10. The Kier molecular flexibility index (Phi) is 7.56. The predicted molar refractivity (Wildman–Crippen MR) is 130 cm³/mol. The van der Waals surface area contributed by atoms with Gasteiger partial charge >= 0.3 is 0 Å². The number of halogens is 2. The second-order valence-electron chi connectivity index (χ2n) is 8.10. The van der Waals surface area contributed by atoms with E-state index in [1.807, 2.05) is 19.0 Å². The van der Waals surface area contributed by atoms with Gasteiger partial charge in [0, 0.05) is 36.2 Å². The number of fused-ring (bicyclic) bond motifs is 1. The summed E-state index contributed by atoms with van der Waals surface area (Å²) in [4.78, 5) is 23.2. The maximum atomic E-state index is 13.6. The molecule has 0 radical (unpaired) electrons. The number of ether oxygens (including phenoxy) is 2. The van der Waals surface area contributed by atoms with Gasteiger partial charge in [-0.2, -0.15) is 0 Å². The molecule has 0 saturated carbocycles. The molecule has 4 rings (SSSR count). The summed E-state index contributed by atoms with van der Waals surface area (Å²) in [6, 6.07) is 7.82. The lowest BCUT2D eigenvalue weighted by Gasteiger charge is -2.17. The SMILES string of the molecule is CN(C)CC=CC(=O)Nc1cc2c(Nc3ccc(F)c(Cl)c3)ncnc2cc1O[C@H]1CCOC1. The minimum Gasteiger partial charge on any atom is -0.486 e. The number of benzene rings is 2. The molecule has 1 aromatic heterocycles. The van der Waals surface area contributed by atoms with Crippen molar-refractivity contribution in [3.05, 3.63) is 59.7 Å². The van der Waals surface area contributed by atoms with Crippen molar-refractivity contribution in [3.8, 4) is 5.75 Å². The van der Waals surface area contributed by atoms with Crippen molar-refractivity contribution >= 4 is 45.6 Å². The molecule has 0 bridgehead atoms. The highest BCUT2D eigenvalue weighted by Crippen LogP contribution is 2.35. The van der Waals surface area contributed by atoms with Gasteiger partial charge < -0.3 is 25.0 Å². The predicted octanol–water partition coefficient (Wildman–Crippen LogP) is 4.39. The van der Waals surface area contributed by atoms with Gasteiger partial charge in [0.25, 0.3) is 0 Å². The number of nitrogens with zero attached hydrogens (tertiary/aromatic N) is 3. The summed E-state index contributed by atoms with van der Waals surface area (Å²) in [6.07, 6.45) is 5.32. The van der Waals surface area contributed by atoms with Gasteiger partial charge in [0.05, 0.1) is 29.4 Å². The smallest absolute Gasteiger partial charge is 0.248 e. The van der Waals surface area contributed by atoms with Crippen LogP contribution in [0, 0.1) is 5.82 Å². The number of nitrogens with one attached hydrogen (secondary N) is 2. The standard InChI is InChI=1S/C24H25ClFN5O3/c1-31(2)8-3-4-23(32)30-21-11-17-20(12-22(21)34-16-7-9-33-13-16)27-14-28-24(17)29-15-5-6-19(26)18(25)10-15/h3-6,10-12,14,16H,7-9,13H2,1-2H3,(H,30,32)(H,27,28,29)/t16-/m0/s1. The maximum absolute atomic E-state index is 13.6. The third-order valence-corrected chi connectivity index (χ3v) is 5.39. The first-order valence-corrected chi connectivity index (χ1v) is 11.1. The van der Waals surface area contributed by atoms with Gasteiger partial charge in [-0.05, 0) is 38.4 Å². The Hall–Kier alpha value is -3.27. The molecule has 1 aliphatic heterocycles. The summed E-state index contributed by atoms with van der Waals surface area (Å²) in [5.41, 5.74) is 1.65. The summed E-state index contributed by atoms with van der Waals surface area (Å²) >= 11 is 5.91. The molecule has 1 aliphatic rings. The number of hydrogen-bond donors (Lipinski definition) is 2. The van der Waals surface area contributed by atoms with Crippen molar-refractivity contribution < 1.29 is 18.7 Å². The average molecular weight is 486 g/mol. The number of hydrogen-bond acceptors (Lipinski definition) is 7. The Morgan fingerprint density at radius 1 is 1.32 bits per heavy atom. The number of carbonyl (C=O) groups is 1. The Morgan fingerprint density at radius 3 is 2.91 bits per heavy atom. The molecule has 0 unspecified atom stereocenters. The van der Waals surface area contributed by atoms with E-state index in [-0.39, 0.29) is 17.0 Å². The summed E-state index contributed by atoms with van der Waals surface area (Å²) in [5, 5.41) is 6.67. The second-order valence-corrected chi connectivity index (χ2v) is 8.51. The van der Waals surface area contributed by atoms with Crippen LogP contribution in [0.3, 0.4) is 0 Å². The van der Waals surface area contributed by atoms with E-state index in [0.717, 1.165) is 6.42 Å². The van der Waals surface area contributed by atoms with Crippen LogP contribution in [-0.2, 0) is 9.53 Å². The second kappa shape index (κ2) is 10.8. The van der Waals surface area contributed by atoms with Crippen LogP contribution in [0.25, 0.3) is 10.9 Å². The zero-order chi connectivity index (χ0) is 24.1. The number of likely N-dealkylation sites (N-methyl/N-ethyl adjacent to an activating group) is 1. The normalized spacial score (nSPS) is 15.9. The van der Waals surface area contributed by atoms with Gasteiger partial charge in [-0.3, -0.25) is 4.79 Å². The molecule has 2 N–H and O–H groups in total. The van der Waals surface area contributed by atoms with Crippen LogP contribution in [0.1, 0.15) is 6.42 Å². The van der Waals surface area contributed by atoms with Crippen LogP contribution in [0.2, 0.25) is 5.02 Å². The van der Waals surface area contributed by atoms with Gasteiger partial charge in [-0.1, -0.05) is 17.7 Å². The highest BCUT2D eigenvalue weighted by atomic mass is 35.5. The fourth-order valence-electron chi connectivity index (χ4n) is 3.42. The van der Waals surface area contributed by atoms with E-state index in [0.29, 0.717) is 53.6 Å². The van der Waals surface area contributed by atoms with E-state index >= 15 is 0 Å². The Labute approximate surface area is 201 Å². The maximum Gasteiger partial charge on any atom is 0.248 e. The molecule has 1 saturated heterocycles. The molecule has 3 aromatic rings. The van der Waals surface area contributed by atoms with Gasteiger partial charge in [-0.15, -0.1) is 0 Å². The van der Waals surface area contributed by atoms with E-state index in [9.17, 15) is 9.18 Å². The van der Waals surface area contributed by atoms with E-state index in [1.54, 1.807) is 24.3 Å². The first-order chi connectivity index (χ1) is 16.4. The molecule has 2 heterocycles. The average Bonchev–Trinajstić information content (AvgIpc) is 3.30. The minimum atomic E-state index is -0.509. The zero-order valence-electron chi connectivity index (χ0n) is 18.8. The van der Waals surface area contributed by atoms with E-state index in [1.165, 1.54) is 24.5 Å². The van der Waals surface area contributed by atoms with Crippen LogP contribution in [0.15, 0.2) is 48.8 Å². The van der Waals surface area contributed by atoms with E-state index in [2.05, 4.69) is 20.6 Å². The molecular weight excluding hydrogens is 461 g/mol. The van der Waals surface area contributed by atoms with Crippen molar-refractivity contribution in [1.82, 2.24) is 14.9 Å². The molecule has 10 heteroatoms. The first-order valence-electron chi connectivity index (χ1n) is 10.8. The fraction of sp³-hybridized carbons (Fsp3) is 0.292. The van der Waals surface area contributed by atoms with Crippen molar-refractivity contribution in [2.45, 2.75) is 12.5 Å². The van der Waals surface area contributed by atoms with E-state index in [4.69, 9.17) is 21.1 Å². The third kappa shape index (κ3) is 5.99. The summed E-state index contributed by atoms with van der Waals surface area (Å²) in [5.74, 6) is 0.170. The fourth-order valence-corrected chi connectivity index (χ4v) is 3.60. The van der Waals surface area contributed by atoms with Gasteiger partial charge in [0.15, 0.2) is 0 Å². The zero-order valence-corrected chi connectivity index (χ0v) is 19.6. The summed E-state index contributed by atoms with van der Waals surface area (Å²) in [6.45, 7) is 1.75. The van der Waals surface area contributed by atoms with Gasteiger partial charge in [0.1, 0.15) is 29.8 Å². The van der Waals surface area contributed by atoms with Crippen LogP contribution < -0.4 is 15.4 Å². The Morgan fingerprint density at radius 2 is 2.18 bits per heavy atom. The number of aromatic nitrogens is 2. The number of carbonyl (C=O) groups excluding carboxylic acids is 1. The largest absolute Gasteiger partial charge is 0.486 e. The van der Waals surface area contributed by atoms with E-state index < -0.39 is 5.82 Å². The summed E-state index contributed by atoms with van der Waals surface area (Å²) < 4.78 is 25.1. The Bertz CT molecular complexity index is 1210. The molecule has 2 aromatic carbocycles. The van der Waals surface area contributed by atoms with Crippen LogP contribution in [0.5, 0.6) is 5.75 Å². The van der Waals surface area contributed by atoms with Crippen LogP contribution >= 0.6 is 11.6 Å². The number of rotatable bonds is 8. The van der Waals surface area contributed by atoms with Crippen LogP contribution in [0.4, 0.5) is 21.6 Å². The number of amides is 1. The molecule has 1 atom stereocenters. The summed E-state index contributed by atoms with van der Waals surface area (Å²) in [7, 11) is 3.84. The highest BCUT2D eigenvalue weighted by Gasteiger charge is 2.20. The molecule has 34 heavy (non-hydrogen) atoms. The highest BCUT2D eigenvalue weighted by molar-refractivity contribution is 6.31. The molecule has 178 valence electrons. The Balaban J connectivity index is 1.68. The van der Waals surface area contributed by atoms with Crippen molar-refractivity contribution in [3.63, 3.8) is 0 Å². The van der Waals surface area contributed by atoms with Gasteiger partial charge in [0.2, 0.25) is 5.91 Å². The molecule has 0 spiro atoms. The lowest BCUT2D eigenvalue weighted by Crippen LogP contribution is -2.18. The monoisotopic (exact) mass is 485 g/mol. The lowest BCUT2D eigenvalue weighted by molar-refractivity contribution is -0.111. The van der Waals surface area contributed by atoms with Crippen molar-refractivity contribution in [2.24, 2.45) is 0 Å². The molecule has 8 nitrogen and oxygen atoms in total. The molecule has 1 fully saturated rings.